The zero-order chi connectivity index (χ0) is 13.0. The van der Waals surface area contributed by atoms with E-state index >= 15 is 0 Å². The Morgan fingerprint density at radius 2 is 1.94 bits per heavy atom. The number of nitrogens with zero attached hydrogens (tertiary/aromatic N) is 1. The third kappa shape index (κ3) is 2.46. The van der Waals surface area contributed by atoms with Crippen molar-refractivity contribution in [2.24, 2.45) is 5.84 Å². The van der Waals surface area contributed by atoms with E-state index in [0.717, 1.165) is 5.56 Å². The molecule has 0 radical (unpaired) electrons. The molecule has 4 heteroatoms. The van der Waals surface area contributed by atoms with Crippen LogP contribution in [0.4, 0.5) is 0 Å². The van der Waals surface area contributed by atoms with E-state index in [2.05, 4.69) is 24.4 Å². The van der Waals surface area contributed by atoms with E-state index in [-0.39, 0.29) is 11.6 Å². The Morgan fingerprint density at radius 1 is 1.28 bits per heavy atom. The molecule has 0 aromatic carbocycles. The minimum atomic E-state index is 0.0924. The number of hydrogen-bond acceptors (Lipinski definition) is 4. The van der Waals surface area contributed by atoms with Crippen LogP contribution in [0.1, 0.15) is 50.1 Å². The van der Waals surface area contributed by atoms with Crippen LogP contribution in [-0.4, -0.2) is 24.5 Å². The molecule has 1 aromatic rings. The molecule has 1 aliphatic rings. The summed E-state index contributed by atoms with van der Waals surface area (Å²) in [6.07, 6.45) is 11.1. The van der Waals surface area contributed by atoms with Gasteiger partial charge < -0.3 is 9.32 Å². The summed E-state index contributed by atoms with van der Waals surface area (Å²) in [5, 5.41) is 0. The normalized spacial score (nSPS) is 21.8. The molecule has 0 amide bonds. The van der Waals surface area contributed by atoms with E-state index in [1.165, 1.54) is 38.5 Å². The van der Waals surface area contributed by atoms with Crippen molar-refractivity contribution in [1.29, 1.82) is 0 Å². The van der Waals surface area contributed by atoms with Gasteiger partial charge in [-0.05, 0) is 33.0 Å². The highest BCUT2D eigenvalue weighted by Gasteiger charge is 2.41. The number of likely N-dealkylation sites (N-methyl/N-ethyl adjacent to an activating group) is 1. The number of hydrogen-bond donors (Lipinski definition) is 2. The predicted molar refractivity (Wildman–Crippen MR) is 72.9 cm³/mol. The highest BCUT2D eigenvalue weighted by atomic mass is 16.3. The van der Waals surface area contributed by atoms with Crippen LogP contribution in [0.5, 0.6) is 0 Å². The van der Waals surface area contributed by atoms with E-state index in [0.29, 0.717) is 0 Å². The molecule has 18 heavy (non-hydrogen) atoms. The fraction of sp³-hybridized carbons (Fsp3) is 0.714. The van der Waals surface area contributed by atoms with E-state index in [9.17, 15) is 0 Å². The zero-order valence-corrected chi connectivity index (χ0v) is 11.5. The average Bonchev–Trinajstić information content (AvgIpc) is 2.75. The largest absolute Gasteiger partial charge is 0.472 e. The first kappa shape index (κ1) is 13.6. The van der Waals surface area contributed by atoms with Crippen LogP contribution >= 0.6 is 0 Å². The quantitative estimate of drug-likeness (QED) is 0.490. The zero-order valence-electron chi connectivity index (χ0n) is 11.5. The van der Waals surface area contributed by atoms with Crippen molar-refractivity contribution in [3.8, 4) is 0 Å². The van der Waals surface area contributed by atoms with Gasteiger partial charge in [0.2, 0.25) is 0 Å². The van der Waals surface area contributed by atoms with Crippen molar-refractivity contribution in [2.75, 3.05) is 14.1 Å². The molecule has 0 spiro atoms. The van der Waals surface area contributed by atoms with Gasteiger partial charge in [-0.25, -0.2) is 0 Å². The summed E-state index contributed by atoms with van der Waals surface area (Å²) in [5.74, 6) is 5.85. The topological polar surface area (TPSA) is 54.4 Å². The SMILES string of the molecule is CN(C)C1(C(NN)c2ccoc2)CCCCCC1. The fourth-order valence-corrected chi connectivity index (χ4v) is 3.34. The van der Waals surface area contributed by atoms with Gasteiger partial charge in [0, 0.05) is 11.1 Å². The smallest absolute Gasteiger partial charge is 0.0951 e. The predicted octanol–water partition coefficient (Wildman–Crippen LogP) is 2.44. The molecule has 2 rings (SSSR count). The first-order chi connectivity index (χ1) is 8.70. The summed E-state index contributed by atoms with van der Waals surface area (Å²) in [7, 11) is 4.32. The Morgan fingerprint density at radius 3 is 2.39 bits per heavy atom. The minimum Gasteiger partial charge on any atom is -0.472 e. The highest BCUT2D eigenvalue weighted by molar-refractivity contribution is 5.18. The van der Waals surface area contributed by atoms with Gasteiger partial charge in [0.25, 0.3) is 0 Å². The molecule has 102 valence electrons. The Bertz CT molecular complexity index is 340. The fourth-order valence-electron chi connectivity index (χ4n) is 3.34. The number of nitrogens with one attached hydrogen (secondary N) is 1. The third-order valence-corrected chi connectivity index (χ3v) is 4.44. The summed E-state index contributed by atoms with van der Waals surface area (Å²) >= 11 is 0. The highest BCUT2D eigenvalue weighted by Crippen LogP contribution is 2.40. The van der Waals surface area contributed by atoms with E-state index in [1.807, 2.05) is 6.07 Å². The van der Waals surface area contributed by atoms with Crippen LogP contribution in [0, 0.1) is 0 Å². The van der Waals surface area contributed by atoms with Crippen molar-refractivity contribution >= 4 is 0 Å². The summed E-state index contributed by atoms with van der Waals surface area (Å²) in [4.78, 5) is 2.34. The Balaban J connectivity index is 2.32. The van der Waals surface area contributed by atoms with Crippen LogP contribution < -0.4 is 11.3 Å². The lowest BCUT2D eigenvalue weighted by Crippen LogP contribution is -2.55. The molecule has 4 nitrogen and oxygen atoms in total. The van der Waals surface area contributed by atoms with Crippen LogP contribution in [0.3, 0.4) is 0 Å². The minimum absolute atomic E-state index is 0.0924. The molecule has 1 fully saturated rings. The van der Waals surface area contributed by atoms with Crippen LogP contribution in [0.15, 0.2) is 23.0 Å². The standard InChI is InChI=1S/C14H25N3O/c1-17(2)14(8-5-3-4-6-9-14)13(16-15)12-7-10-18-11-12/h7,10-11,13,16H,3-6,8-9,15H2,1-2H3. The van der Waals surface area contributed by atoms with Crippen molar-refractivity contribution in [3.05, 3.63) is 24.2 Å². The first-order valence-corrected chi connectivity index (χ1v) is 6.86. The van der Waals surface area contributed by atoms with E-state index in [4.69, 9.17) is 10.3 Å². The van der Waals surface area contributed by atoms with Crippen molar-refractivity contribution in [1.82, 2.24) is 10.3 Å². The Kier molecular flexibility index (Phi) is 4.43. The van der Waals surface area contributed by atoms with Crippen LogP contribution in [-0.2, 0) is 0 Å². The number of furan rings is 1. The maximum absolute atomic E-state index is 5.85. The van der Waals surface area contributed by atoms with Gasteiger partial charge in [-0.3, -0.25) is 11.3 Å². The third-order valence-electron chi connectivity index (χ3n) is 4.44. The number of nitrogens with two attached hydrogens (primary N) is 1. The lowest BCUT2D eigenvalue weighted by molar-refractivity contribution is 0.0797. The molecule has 1 atom stereocenters. The van der Waals surface area contributed by atoms with Crippen LogP contribution in [0.2, 0.25) is 0 Å². The molecule has 0 saturated heterocycles. The van der Waals surface area contributed by atoms with Gasteiger partial charge in [0.15, 0.2) is 0 Å². The maximum atomic E-state index is 5.85. The molecule has 1 aliphatic carbocycles. The molecule has 1 saturated carbocycles. The van der Waals surface area contributed by atoms with Crippen molar-refractivity contribution in [2.45, 2.75) is 50.1 Å². The van der Waals surface area contributed by atoms with E-state index < -0.39 is 0 Å². The Labute approximate surface area is 109 Å². The van der Waals surface area contributed by atoms with Crippen molar-refractivity contribution in [3.63, 3.8) is 0 Å². The molecular weight excluding hydrogens is 226 g/mol. The van der Waals surface area contributed by atoms with E-state index in [1.54, 1.807) is 12.5 Å². The summed E-state index contributed by atoms with van der Waals surface area (Å²) in [6, 6.07) is 2.14. The van der Waals surface area contributed by atoms with Gasteiger partial charge in [-0.2, -0.15) is 0 Å². The summed E-state index contributed by atoms with van der Waals surface area (Å²) in [6.45, 7) is 0. The number of hydrazine groups is 1. The summed E-state index contributed by atoms with van der Waals surface area (Å²) in [5.41, 5.74) is 4.26. The molecular formula is C14H25N3O. The Hall–Kier alpha value is -0.840. The molecule has 1 heterocycles. The second kappa shape index (κ2) is 5.87. The molecule has 3 N–H and O–H groups in total. The van der Waals surface area contributed by atoms with Crippen molar-refractivity contribution < 1.29 is 4.42 Å². The lowest BCUT2D eigenvalue weighted by atomic mass is 9.79. The molecule has 0 bridgehead atoms. The molecule has 1 aromatic heterocycles. The monoisotopic (exact) mass is 251 g/mol. The summed E-state index contributed by atoms with van der Waals surface area (Å²) < 4.78 is 5.23. The maximum Gasteiger partial charge on any atom is 0.0951 e. The first-order valence-electron chi connectivity index (χ1n) is 6.86. The second-order valence-electron chi connectivity index (χ2n) is 5.57. The number of rotatable bonds is 4. The average molecular weight is 251 g/mol. The van der Waals surface area contributed by atoms with Gasteiger partial charge >= 0.3 is 0 Å². The van der Waals surface area contributed by atoms with Gasteiger partial charge in [-0.15, -0.1) is 0 Å². The lowest BCUT2D eigenvalue weighted by Gasteiger charge is -2.45. The molecule has 1 unspecified atom stereocenters. The van der Waals surface area contributed by atoms with Gasteiger partial charge in [0.1, 0.15) is 0 Å². The van der Waals surface area contributed by atoms with Gasteiger partial charge in [0.05, 0.1) is 18.6 Å². The second-order valence-corrected chi connectivity index (χ2v) is 5.57. The van der Waals surface area contributed by atoms with Gasteiger partial charge in [-0.1, -0.05) is 25.7 Å². The van der Waals surface area contributed by atoms with Crippen LogP contribution in [0.25, 0.3) is 0 Å². The molecule has 0 aliphatic heterocycles.